The molecule has 1 atom stereocenters. The maximum absolute atomic E-state index is 8.67. The molecule has 0 spiro atoms. The molecule has 0 amide bonds. The van der Waals surface area contributed by atoms with Gasteiger partial charge in [-0.2, -0.15) is 0 Å². The molecule has 0 aliphatic carbocycles. The van der Waals surface area contributed by atoms with Crippen LogP contribution in [0.1, 0.15) is 50.0 Å². The van der Waals surface area contributed by atoms with Crippen LogP contribution in [0.3, 0.4) is 0 Å². The number of hydrogen-bond donors (Lipinski definition) is 2. The summed E-state index contributed by atoms with van der Waals surface area (Å²) >= 11 is 0. The molecule has 0 aromatic heterocycles. The zero-order chi connectivity index (χ0) is 12.9. The second-order valence-electron chi connectivity index (χ2n) is 4.04. The van der Waals surface area contributed by atoms with Gasteiger partial charge in [0.05, 0.1) is 39.1 Å². The predicted octanol–water partition coefficient (Wildman–Crippen LogP) is 2.65. The third-order valence-electron chi connectivity index (χ3n) is 2.34. The van der Waals surface area contributed by atoms with Gasteiger partial charge < -0.3 is 19.7 Å². The van der Waals surface area contributed by atoms with E-state index in [9.17, 15) is 0 Å². The van der Waals surface area contributed by atoms with E-state index in [4.69, 9.17) is 19.7 Å². The zero-order valence-electron chi connectivity index (χ0n) is 11.1. The molecule has 0 fully saturated rings. The summed E-state index contributed by atoms with van der Waals surface area (Å²) in [5.41, 5.74) is 0. The Hall–Kier alpha value is -0.200. The fraction of sp³-hybridized carbons (Fsp3) is 1.00. The van der Waals surface area contributed by atoms with Crippen LogP contribution in [0.5, 0.6) is 0 Å². The summed E-state index contributed by atoms with van der Waals surface area (Å²) in [6.07, 6.45) is 1.21. The predicted molar refractivity (Wildman–Crippen MR) is 94.1 cm³/mol. The topological polar surface area (TPSA) is 62.2 Å². The van der Waals surface area contributed by atoms with Gasteiger partial charge in [0.15, 0.2) is 0 Å². The molecule has 136 valence electrons. The highest BCUT2D eigenvalue weighted by atomic mass is 16.5. The Morgan fingerprint density at radius 1 is 0.905 bits per heavy atom. The summed E-state index contributed by atoms with van der Waals surface area (Å²) in [5, 5.41) is 17.3. The van der Waals surface area contributed by atoms with E-state index < -0.39 is 0 Å². The third kappa shape index (κ3) is 22.2. The molecule has 0 heterocycles. The minimum atomic E-state index is 0. The molecule has 0 radical (unpaired) electrons. The molecule has 2 N–H and O–H groups in total. The molecular formula is C16H43NO4. The lowest BCUT2D eigenvalue weighted by Gasteiger charge is -2.25. The molecule has 5 nitrogen and oxygen atoms in total. The molecule has 1 unspecified atom stereocenters. The van der Waals surface area contributed by atoms with Gasteiger partial charge in [-0.15, -0.1) is 0 Å². The minimum absolute atomic E-state index is 0. The van der Waals surface area contributed by atoms with Crippen molar-refractivity contribution < 1.29 is 19.7 Å². The van der Waals surface area contributed by atoms with E-state index in [0.29, 0.717) is 19.8 Å². The van der Waals surface area contributed by atoms with Gasteiger partial charge in [0.25, 0.3) is 0 Å². The van der Waals surface area contributed by atoms with E-state index in [-0.39, 0.29) is 49.0 Å². The first-order valence-corrected chi connectivity index (χ1v) is 6.38. The van der Waals surface area contributed by atoms with Crippen molar-refractivity contribution >= 4 is 0 Å². The summed E-state index contributed by atoms with van der Waals surface area (Å²) in [4.78, 5) is 2.28. The second-order valence-corrected chi connectivity index (χ2v) is 4.04. The molecule has 0 rings (SSSR count). The van der Waals surface area contributed by atoms with Crippen LogP contribution in [0.2, 0.25) is 0 Å². The first kappa shape index (κ1) is 32.7. The first-order valence-electron chi connectivity index (χ1n) is 6.38. The standard InChI is InChI=1S/C12H27NO4.4CH4/c1-3-4-13(5-8-16-9-6-14)11-12(2)17-10-7-15;;;;/h12,14-15H,3-11H2,1-2H3;4*1H4. The van der Waals surface area contributed by atoms with Crippen LogP contribution >= 0.6 is 0 Å². The summed E-state index contributed by atoms with van der Waals surface area (Å²) < 4.78 is 10.7. The van der Waals surface area contributed by atoms with E-state index >= 15 is 0 Å². The van der Waals surface area contributed by atoms with Crippen molar-refractivity contribution in [3.05, 3.63) is 0 Å². The van der Waals surface area contributed by atoms with Crippen molar-refractivity contribution in [3.8, 4) is 0 Å². The molecule has 0 aliphatic rings. The molecule has 0 aromatic rings. The van der Waals surface area contributed by atoms with Crippen LogP contribution < -0.4 is 0 Å². The molecule has 0 aromatic carbocycles. The Labute approximate surface area is 134 Å². The lowest BCUT2D eigenvalue weighted by atomic mass is 10.3. The number of hydrogen-bond acceptors (Lipinski definition) is 5. The minimum Gasteiger partial charge on any atom is -0.394 e. The van der Waals surface area contributed by atoms with Crippen molar-refractivity contribution in [2.75, 3.05) is 52.7 Å². The van der Waals surface area contributed by atoms with Crippen molar-refractivity contribution in [1.82, 2.24) is 4.90 Å². The highest BCUT2D eigenvalue weighted by Crippen LogP contribution is 1.98. The zero-order valence-corrected chi connectivity index (χ0v) is 11.1. The number of ether oxygens (including phenoxy) is 2. The Bertz CT molecular complexity index is 159. The summed E-state index contributed by atoms with van der Waals surface area (Å²) in [5.74, 6) is 0. The smallest absolute Gasteiger partial charge is 0.0701 e. The molecule has 0 bridgehead atoms. The summed E-state index contributed by atoms with van der Waals surface area (Å²) in [7, 11) is 0. The van der Waals surface area contributed by atoms with Gasteiger partial charge in [0.2, 0.25) is 0 Å². The normalized spacial score (nSPS) is 10.7. The fourth-order valence-electron chi connectivity index (χ4n) is 1.64. The van der Waals surface area contributed by atoms with Crippen molar-refractivity contribution in [3.63, 3.8) is 0 Å². The van der Waals surface area contributed by atoms with Crippen LogP contribution in [-0.4, -0.2) is 73.9 Å². The average molecular weight is 314 g/mol. The highest BCUT2D eigenvalue weighted by molar-refractivity contribution is 4.62. The maximum Gasteiger partial charge on any atom is 0.0701 e. The van der Waals surface area contributed by atoms with Gasteiger partial charge in [-0.25, -0.2) is 0 Å². The highest BCUT2D eigenvalue weighted by Gasteiger charge is 2.09. The van der Waals surface area contributed by atoms with E-state index in [1.54, 1.807) is 0 Å². The molecule has 0 aliphatic heterocycles. The van der Waals surface area contributed by atoms with Crippen LogP contribution in [-0.2, 0) is 9.47 Å². The average Bonchev–Trinajstić information content (AvgIpc) is 2.32. The van der Waals surface area contributed by atoms with Crippen molar-refractivity contribution in [1.29, 1.82) is 0 Å². The van der Waals surface area contributed by atoms with Crippen LogP contribution in [0.15, 0.2) is 0 Å². The Balaban J connectivity index is -0.000000213. The lowest BCUT2D eigenvalue weighted by Crippen LogP contribution is -2.36. The summed E-state index contributed by atoms with van der Waals surface area (Å²) in [6.45, 7) is 8.41. The molecule has 5 heteroatoms. The Morgan fingerprint density at radius 3 is 1.95 bits per heavy atom. The number of aliphatic hydroxyl groups is 2. The molecule has 21 heavy (non-hydrogen) atoms. The Morgan fingerprint density at radius 2 is 1.48 bits per heavy atom. The molecule has 0 saturated heterocycles. The maximum atomic E-state index is 8.67. The monoisotopic (exact) mass is 313 g/mol. The van der Waals surface area contributed by atoms with E-state index in [2.05, 4.69) is 11.8 Å². The van der Waals surface area contributed by atoms with E-state index in [1.165, 1.54) is 0 Å². The Kier molecular flexibility index (Phi) is 38.6. The van der Waals surface area contributed by atoms with Gasteiger partial charge in [-0.1, -0.05) is 36.6 Å². The number of aliphatic hydroxyl groups excluding tert-OH is 2. The number of nitrogens with zero attached hydrogens (tertiary/aromatic N) is 1. The van der Waals surface area contributed by atoms with Crippen LogP contribution in [0, 0.1) is 0 Å². The van der Waals surface area contributed by atoms with Crippen molar-refractivity contribution in [2.24, 2.45) is 0 Å². The first-order chi connectivity index (χ1) is 8.24. The van der Waals surface area contributed by atoms with Crippen LogP contribution in [0.25, 0.3) is 0 Å². The quantitative estimate of drug-likeness (QED) is 0.542. The third-order valence-corrected chi connectivity index (χ3v) is 2.34. The van der Waals surface area contributed by atoms with Crippen molar-refractivity contribution in [2.45, 2.75) is 56.1 Å². The molecule has 0 saturated carbocycles. The second kappa shape index (κ2) is 24.8. The number of rotatable bonds is 12. The fourth-order valence-corrected chi connectivity index (χ4v) is 1.64. The van der Waals surface area contributed by atoms with Crippen LogP contribution in [0.4, 0.5) is 0 Å². The van der Waals surface area contributed by atoms with E-state index in [1.807, 2.05) is 6.92 Å². The van der Waals surface area contributed by atoms with Gasteiger partial charge >= 0.3 is 0 Å². The molecular weight excluding hydrogens is 270 g/mol. The van der Waals surface area contributed by atoms with Gasteiger partial charge in [0, 0.05) is 13.1 Å². The van der Waals surface area contributed by atoms with Gasteiger partial charge in [-0.05, 0) is 19.9 Å². The summed E-state index contributed by atoms with van der Waals surface area (Å²) in [6, 6.07) is 0. The lowest BCUT2D eigenvalue weighted by molar-refractivity contribution is 0.00953. The largest absolute Gasteiger partial charge is 0.394 e. The van der Waals surface area contributed by atoms with Gasteiger partial charge in [0.1, 0.15) is 0 Å². The SMILES string of the molecule is C.C.C.C.CCCN(CCOCCO)CC(C)OCCO. The van der Waals surface area contributed by atoms with Gasteiger partial charge in [-0.3, -0.25) is 4.90 Å². The van der Waals surface area contributed by atoms with E-state index in [0.717, 1.165) is 26.1 Å².